The normalized spacial score (nSPS) is 12.0. The third-order valence-corrected chi connectivity index (χ3v) is 6.48. The molecule has 10 nitrogen and oxygen atoms in total. The molecule has 2 atom stereocenters. The van der Waals surface area contributed by atoms with Crippen LogP contribution in [0.2, 0.25) is 0 Å². The van der Waals surface area contributed by atoms with Crippen molar-refractivity contribution in [3.8, 4) is 11.5 Å². The summed E-state index contributed by atoms with van der Waals surface area (Å²) in [7, 11) is 0. The van der Waals surface area contributed by atoms with Crippen LogP contribution in [0.4, 0.5) is 4.39 Å². The fourth-order valence-electron chi connectivity index (χ4n) is 4.09. The second-order valence-electron chi connectivity index (χ2n) is 9.68. The number of benzene rings is 3. The molecule has 0 aliphatic heterocycles. The van der Waals surface area contributed by atoms with E-state index >= 15 is 0 Å². The van der Waals surface area contributed by atoms with Crippen LogP contribution in [0.5, 0.6) is 11.5 Å². The minimum Gasteiger partial charge on any atom is -0.508 e. The lowest BCUT2D eigenvalue weighted by molar-refractivity contribution is -0.147. The van der Waals surface area contributed by atoms with Gasteiger partial charge in [0.15, 0.2) is 0 Å². The Morgan fingerprint density at radius 2 is 1.26 bits per heavy atom. The first kappa shape index (κ1) is 32.9. The lowest BCUT2D eigenvalue weighted by Gasteiger charge is -2.20. The average molecular weight is 614 g/mol. The molecule has 0 aliphatic carbocycles. The van der Waals surface area contributed by atoms with Crippen molar-refractivity contribution in [3.05, 3.63) is 95.3 Å². The minimum atomic E-state index is -1.09. The number of nitrogens with one attached hydrogen (secondary N) is 3. The number of ether oxygens (including phenoxy) is 1. The number of aryl methyl sites for hydroxylation is 1. The van der Waals surface area contributed by atoms with Crippen LogP contribution in [-0.4, -0.2) is 65.0 Å². The van der Waals surface area contributed by atoms with Crippen molar-refractivity contribution in [2.45, 2.75) is 37.8 Å². The van der Waals surface area contributed by atoms with Gasteiger partial charge in [0.05, 0.1) is 12.4 Å². The van der Waals surface area contributed by atoms with Gasteiger partial charge in [-0.25, -0.2) is 9.18 Å². The van der Waals surface area contributed by atoms with E-state index in [-0.39, 0.29) is 49.1 Å². The van der Waals surface area contributed by atoms with E-state index in [0.717, 1.165) is 5.56 Å². The third-order valence-electron chi connectivity index (χ3n) is 6.32. The summed E-state index contributed by atoms with van der Waals surface area (Å²) < 4.78 is 18.3. The van der Waals surface area contributed by atoms with E-state index in [1.807, 2.05) is 0 Å². The van der Waals surface area contributed by atoms with Gasteiger partial charge in [-0.3, -0.25) is 14.4 Å². The van der Waals surface area contributed by atoms with Crippen LogP contribution in [0.15, 0.2) is 72.8 Å². The zero-order valence-electron chi connectivity index (χ0n) is 23.2. The molecule has 3 aromatic rings. The van der Waals surface area contributed by atoms with Gasteiger partial charge >= 0.3 is 5.97 Å². The SMILES string of the molecule is O=C(CCc1ccc(F)cc1)N[C@@H](Cc1ccc(O)cc1)C(=O)NCC(=O)N[C@@H](Cc1ccc(O)cc1)C(=O)OCCCl. The fourth-order valence-corrected chi connectivity index (χ4v) is 4.17. The Morgan fingerprint density at radius 3 is 1.81 bits per heavy atom. The summed E-state index contributed by atoms with van der Waals surface area (Å²) in [5.41, 5.74) is 2.05. The maximum Gasteiger partial charge on any atom is 0.329 e. The monoisotopic (exact) mass is 613 g/mol. The van der Waals surface area contributed by atoms with Crippen LogP contribution >= 0.6 is 11.6 Å². The predicted molar refractivity (Wildman–Crippen MR) is 157 cm³/mol. The van der Waals surface area contributed by atoms with Crippen molar-refractivity contribution in [3.63, 3.8) is 0 Å². The molecule has 0 aliphatic rings. The molecule has 3 rings (SSSR count). The largest absolute Gasteiger partial charge is 0.508 e. The molecule has 43 heavy (non-hydrogen) atoms. The summed E-state index contributed by atoms with van der Waals surface area (Å²) in [6.45, 7) is -0.551. The molecule has 3 amide bonds. The van der Waals surface area contributed by atoms with Crippen molar-refractivity contribution < 1.29 is 38.5 Å². The highest BCUT2D eigenvalue weighted by atomic mass is 35.5. The predicted octanol–water partition coefficient (Wildman–Crippen LogP) is 2.52. The molecule has 0 saturated heterocycles. The first-order valence-electron chi connectivity index (χ1n) is 13.5. The number of phenolic OH excluding ortho intramolecular Hbond substituents is 2. The Morgan fingerprint density at radius 1 is 0.744 bits per heavy atom. The van der Waals surface area contributed by atoms with Crippen LogP contribution < -0.4 is 16.0 Å². The summed E-state index contributed by atoms with van der Waals surface area (Å²) in [5.74, 6) is -2.70. The van der Waals surface area contributed by atoms with Crippen molar-refractivity contribution >= 4 is 35.3 Å². The molecular formula is C31H33ClFN3O7. The fraction of sp³-hybridized carbons (Fsp3) is 0.290. The molecule has 0 aromatic heterocycles. The van der Waals surface area contributed by atoms with E-state index < -0.39 is 42.3 Å². The lowest BCUT2D eigenvalue weighted by Crippen LogP contribution is -2.52. The Hall–Kier alpha value is -4.64. The number of phenols is 2. The molecule has 228 valence electrons. The quantitative estimate of drug-likeness (QED) is 0.130. The third kappa shape index (κ3) is 11.6. The van der Waals surface area contributed by atoms with Crippen LogP contribution in [0.1, 0.15) is 23.1 Å². The van der Waals surface area contributed by atoms with Crippen LogP contribution in [-0.2, 0) is 43.2 Å². The van der Waals surface area contributed by atoms with Crippen molar-refractivity contribution in [1.82, 2.24) is 16.0 Å². The molecular weight excluding hydrogens is 581 g/mol. The van der Waals surface area contributed by atoms with Crippen molar-refractivity contribution in [2.24, 2.45) is 0 Å². The standard InChI is InChI=1S/C31H33ClFN3O7/c32-15-16-43-31(42)27(18-22-5-12-25(38)13-6-22)36-29(40)19-34-30(41)26(17-21-3-10-24(37)11-4-21)35-28(39)14-7-20-1-8-23(33)9-2-20/h1-6,8-13,26-27,37-38H,7,14-19H2,(H,34,41)(H,35,39)(H,36,40)/t26-,27-/m0/s1. The molecule has 12 heteroatoms. The van der Waals surface area contributed by atoms with Gasteiger partial charge in [0, 0.05) is 19.3 Å². The minimum absolute atomic E-state index is 0.0365. The van der Waals surface area contributed by atoms with Gasteiger partial charge in [0.25, 0.3) is 0 Å². The van der Waals surface area contributed by atoms with Gasteiger partial charge in [-0.2, -0.15) is 0 Å². The highest BCUT2D eigenvalue weighted by molar-refractivity contribution is 6.18. The maximum atomic E-state index is 13.2. The molecule has 0 radical (unpaired) electrons. The van der Waals surface area contributed by atoms with Gasteiger partial charge in [-0.05, 0) is 59.5 Å². The lowest BCUT2D eigenvalue weighted by atomic mass is 10.0. The van der Waals surface area contributed by atoms with E-state index in [4.69, 9.17) is 16.3 Å². The molecule has 0 fully saturated rings. The summed E-state index contributed by atoms with van der Waals surface area (Å²) in [4.78, 5) is 51.2. The van der Waals surface area contributed by atoms with E-state index in [9.17, 15) is 33.8 Å². The molecule has 0 spiro atoms. The number of hydrogen-bond donors (Lipinski definition) is 5. The number of amides is 3. The van der Waals surface area contributed by atoms with Crippen LogP contribution in [0.3, 0.4) is 0 Å². The Labute approximate surface area is 253 Å². The summed E-state index contributed by atoms with van der Waals surface area (Å²) >= 11 is 5.61. The van der Waals surface area contributed by atoms with Gasteiger partial charge in [-0.1, -0.05) is 36.4 Å². The first-order valence-corrected chi connectivity index (χ1v) is 14.1. The van der Waals surface area contributed by atoms with Crippen molar-refractivity contribution in [2.75, 3.05) is 19.0 Å². The highest BCUT2D eigenvalue weighted by Crippen LogP contribution is 2.13. The summed E-state index contributed by atoms with van der Waals surface area (Å²) in [6, 6.07) is 15.8. The number of hydrogen-bond acceptors (Lipinski definition) is 7. The Bertz CT molecular complexity index is 1370. The number of rotatable bonds is 15. The smallest absolute Gasteiger partial charge is 0.329 e. The molecule has 0 bridgehead atoms. The van der Waals surface area contributed by atoms with Crippen molar-refractivity contribution in [1.29, 1.82) is 0 Å². The summed E-state index contributed by atoms with van der Waals surface area (Å²) in [6.07, 6.45) is 0.498. The molecule has 0 saturated carbocycles. The Kier molecular flexibility index (Phi) is 12.8. The second-order valence-corrected chi connectivity index (χ2v) is 10.1. The zero-order chi connectivity index (χ0) is 31.2. The topological polar surface area (TPSA) is 154 Å². The van der Waals surface area contributed by atoms with Gasteiger partial charge in [-0.15, -0.1) is 11.6 Å². The van der Waals surface area contributed by atoms with E-state index in [2.05, 4.69) is 16.0 Å². The number of alkyl halides is 1. The highest BCUT2D eigenvalue weighted by Gasteiger charge is 2.25. The number of carbonyl (C=O) groups is 4. The molecule has 0 unspecified atom stereocenters. The molecule has 0 heterocycles. The van der Waals surface area contributed by atoms with Gasteiger partial charge in [0.2, 0.25) is 17.7 Å². The summed E-state index contributed by atoms with van der Waals surface area (Å²) in [5, 5.41) is 26.8. The van der Waals surface area contributed by atoms with E-state index in [1.54, 1.807) is 36.4 Å². The van der Waals surface area contributed by atoms with Gasteiger partial charge < -0.3 is 30.9 Å². The number of esters is 1. The Balaban J connectivity index is 1.62. The molecule has 5 N–H and O–H groups in total. The number of carbonyl (C=O) groups excluding carboxylic acids is 4. The van der Waals surface area contributed by atoms with Gasteiger partial charge in [0.1, 0.15) is 36.0 Å². The number of aromatic hydroxyl groups is 2. The molecule has 3 aromatic carbocycles. The van der Waals surface area contributed by atoms with Crippen LogP contribution in [0, 0.1) is 5.82 Å². The maximum absolute atomic E-state index is 13.2. The first-order chi connectivity index (χ1) is 20.6. The van der Waals surface area contributed by atoms with E-state index in [1.165, 1.54) is 36.4 Å². The zero-order valence-corrected chi connectivity index (χ0v) is 24.0. The number of halogens is 2. The average Bonchev–Trinajstić information content (AvgIpc) is 2.99. The second kappa shape index (κ2) is 16.7. The van der Waals surface area contributed by atoms with E-state index in [0.29, 0.717) is 17.5 Å². The van der Waals surface area contributed by atoms with Crippen LogP contribution in [0.25, 0.3) is 0 Å².